The lowest BCUT2D eigenvalue weighted by molar-refractivity contribution is 0.0842. The van der Waals surface area contributed by atoms with Crippen molar-refractivity contribution in [1.82, 2.24) is 9.78 Å². The molecule has 1 aromatic heterocycles. The fraction of sp³-hybridized carbons (Fsp3) is 0.750. The van der Waals surface area contributed by atoms with Crippen molar-refractivity contribution in [2.24, 2.45) is 7.05 Å². The Morgan fingerprint density at radius 3 is 2.56 bits per heavy atom. The van der Waals surface area contributed by atoms with Gasteiger partial charge in [0.1, 0.15) is 5.82 Å². The zero-order chi connectivity index (χ0) is 11.7. The number of anilines is 1. The van der Waals surface area contributed by atoms with Crippen LogP contribution in [0.2, 0.25) is 0 Å². The number of ether oxygens (including phenoxy) is 1. The predicted molar refractivity (Wildman–Crippen MR) is 64.5 cm³/mol. The van der Waals surface area contributed by atoms with Crippen molar-refractivity contribution in [3.63, 3.8) is 0 Å². The summed E-state index contributed by atoms with van der Waals surface area (Å²) in [5.41, 5.74) is 8.50. The van der Waals surface area contributed by atoms with Crippen molar-refractivity contribution in [3.8, 4) is 0 Å². The smallest absolute Gasteiger partial charge is 0.125 e. The molecule has 0 atom stereocenters. The molecule has 0 amide bonds. The van der Waals surface area contributed by atoms with Crippen LogP contribution < -0.4 is 5.73 Å². The second-order valence-electron chi connectivity index (χ2n) is 4.85. The maximum Gasteiger partial charge on any atom is 0.125 e. The Balaban J connectivity index is 2.35. The van der Waals surface area contributed by atoms with Crippen LogP contribution in [-0.2, 0) is 11.8 Å². The van der Waals surface area contributed by atoms with Gasteiger partial charge in [-0.1, -0.05) is 13.8 Å². The zero-order valence-electron chi connectivity index (χ0n) is 10.4. The SMILES string of the molecule is CC(C)c1c(C2CCOCC2)nn(C)c1N. The maximum absolute atomic E-state index is 6.08. The van der Waals surface area contributed by atoms with Crippen LogP contribution in [0.1, 0.15) is 49.8 Å². The molecule has 1 aliphatic heterocycles. The minimum atomic E-state index is 0.437. The molecule has 90 valence electrons. The molecule has 0 aliphatic carbocycles. The van der Waals surface area contributed by atoms with Gasteiger partial charge in [-0.15, -0.1) is 0 Å². The van der Waals surface area contributed by atoms with Crippen molar-refractivity contribution in [3.05, 3.63) is 11.3 Å². The second kappa shape index (κ2) is 4.45. The van der Waals surface area contributed by atoms with Crippen molar-refractivity contribution >= 4 is 5.82 Å². The first kappa shape index (κ1) is 11.5. The molecular weight excluding hydrogens is 202 g/mol. The van der Waals surface area contributed by atoms with Gasteiger partial charge in [0, 0.05) is 31.7 Å². The first-order chi connectivity index (χ1) is 7.61. The Bertz CT molecular complexity index is 365. The number of nitrogens with zero attached hydrogens (tertiary/aromatic N) is 2. The van der Waals surface area contributed by atoms with Gasteiger partial charge >= 0.3 is 0 Å². The molecule has 0 aromatic carbocycles. The zero-order valence-corrected chi connectivity index (χ0v) is 10.4. The summed E-state index contributed by atoms with van der Waals surface area (Å²) >= 11 is 0. The third kappa shape index (κ3) is 1.94. The lowest BCUT2D eigenvalue weighted by atomic mass is 9.90. The normalized spacial score (nSPS) is 18.2. The largest absolute Gasteiger partial charge is 0.384 e. The van der Waals surface area contributed by atoms with E-state index in [2.05, 4.69) is 18.9 Å². The summed E-state index contributed by atoms with van der Waals surface area (Å²) in [4.78, 5) is 0. The fourth-order valence-corrected chi connectivity index (χ4v) is 2.44. The van der Waals surface area contributed by atoms with E-state index < -0.39 is 0 Å². The number of aryl methyl sites for hydroxylation is 1. The van der Waals surface area contributed by atoms with Gasteiger partial charge in [0.15, 0.2) is 0 Å². The van der Waals surface area contributed by atoms with Gasteiger partial charge in [-0.25, -0.2) is 0 Å². The Hall–Kier alpha value is -1.03. The minimum Gasteiger partial charge on any atom is -0.384 e. The highest BCUT2D eigenvalue weighted by molar-refractivity contribution is 5.46. The highest BCUT2D eigenvalue weighted by Gasteiger charge is 2.25. The molecule has 0 saturated carbocycles. The molecule has 0 spiro atoms. The van der Waals surface area contributed by atoms with Gasteiger partial charge in [0.25, 0.3) is 0 Å². The van der Waals surface area contributed by atoms with Crippen molar-refractivity contribution in [2.45, 2.75) is 38.5 Å². The third-order valence-electron chi connectivity index (χ3n) is 3.34. The number of rotatable bonds is 2. The summed E-state index contributed by atoms with van der Waals surface area (Å²) in [6.07, 6.45) is 2.13. The van der Waals surface area contributed by atoms with E-state index in [9.17, 15) is 0 Å². The van der Waals surface area contributed by atoms with Crippen LogP contribution in [0.25, 0.3) is 0 Å². The van der Waals surface area contributed by atoms with Crippen LogP contribution in [0.15, 0.2) is 0 Å². The number of nitrogens with two attached hydrogens (primary N) is 1. The lowest BCUT2D eigenvalue weighted by Gasteiger charge is -2.22. The summed E-state index contributed by atoms with van der Waals surface area (Å²) < 4.78 is 7.20. The highest BCUT2D eigenvalue weighted by Crippen LogP contribution is 2.34. The molecular formula is C12H21N3O. The van der Waals surface area contributed by atoms with Crippen LogP contribution >= 0.6 is 0 Å². The van der Waals surface area contributed by atoms with E-state index in [1.165, 1.54) is 11.3 Å². The van der Waals surface area contributed by atoms with E-state index >= 15 is 0 Å². The monoisotopic (exact) mass is 223 g/mol. The molecule has 2 rings (SSSR count). The van der Waals surface area contributed by atoms with Crippen LogP contribution in [0.3, 0.4) is 0 Å². The summed E-state index contributed by atoms with van der Waals surface area (Å²) in [7, 11) is 1.92. The number of nitrogen functional groups attached to an aromatic ring is 1. The third-order valence-corrected chi connectivity index (χ3v) is 3.34. The van der Waals surface area contributed by atoms with E-state index in [1.54, 1.807) is 4.68 Å². The average Bonchev–Trinajstić information content (AvgIpc) is 2.57. The van der Waals surface area contributed by atoms with Gasteiger partial charge < -0.3 is 10.5 Å². The fourth-order valence-electron chi connectivity index (χ4n) is 2.44. The molecule has 1 saturated heterocycles. The summed E-state index contributed by atoms with van der Waals surface area (Å²) in [5.74, 6) is 1.78. The maximum atomic E-state index is 6.08. The molecule has 1 fully saturated rings. The quantitative estimate of drug-likeness (QED) is 0.834. The topological polar surface area (TPSA) is 53.1 Å². The minimum absolute atomic E-state index is 0.437. The first-order valence-electron chi connectivity index (χ1n) is 6.01. The standard InChI is InChI=1S/C12H21N3O/c1-8(2)10-11(14-15(3)12(10)13)9-4-6-16-7-5-9/h8-9H,4-7,13H2,1-3H3. The molecule has 4 nitrogen and oxygen atoms in total. The summed E-state index contributed by atoms with van der Waals surface area (Å²) in [6, 6.07) is 0. The molecule has 1 aliphatic rings. The van der Waals surface area contributed by atoms with Gasteiger partial charge in [-0.05, 0) is 18.8 Å². The number of hydrogen-bond donors (Lipinski definition) is 1. The molecule has 4 heteroatoms. The van der Waals surface area contributed by atoms with E-state index in [1.807, 2.05) is 7.05 Å². The van der Waals surface area contributed by atoms with Gasteiger partial charge in [-0.2, -0.15) is 5.10 Å². The van der Waals surface area contributed by atoms with Crippen LogP contribution in [0, 0.1) is 0 Å². The van der Waals surface area contributed by atoms with Crippen molar-refractivity contribution < 1.29 is 4.74 Å². The van der Waals surface area contributed by atoms with E-state index in [0.29, 0.717) is 11.8 Å². The molecule has 2 heterocycles. The van der Waals surface area contributed by atoms with E-state index in [-0.39, 0.29) is 0 Å². The van der Waals surface area contributed by atoms with Gasteiger partial charge in [0.2, 0.25) is 0 Å². The highest BCUT2D eigenvalue weighted by atomic mass is 16.5. The predicted octanol–water partition coefficient (Wildman–Crippen LogP) is 2.02. The molecule has 16 heavy (non-hydrogen) atoms. The van der Waals surface area contributed by atoms with Crippen LogP contribution in [0.5, 0.6) is 0 Å². The van der Waals surface area contributed by atoms with Crippen LogP contribution in [0.4, 0.5) is 5.82 Å². The Kier molecular flexibility index (Phi) is 3.19. The van der Waals surface area contributed by atoms with Gasteiger partial charge in [-0.3, -0.25) is 4.68 Å². The Labute approximate surface area is 96.8 Å². The first-order valence-corrected chi connectivity index (χ1v) is 6.01. The Morgan fingerprint density at radius 1 is 1.38 bits per heavy atom. The molecule has 1 aromatic rings. The van der Waals surface area contributed by atoms with Gasteiger partial charge in [0.05, 0.1) is 5.69 Å². The van der Waals surface area contributed by atoms with E-state index in [4.69, 9.17) is 10.5 Å². The lowest BCUT2D eigenvalue weighted by Crippen LogP contribution is -2.16. The Morgan fingerprint density at radius 2 is 2.00 bits per heavy atom. The summed E-state index contributed by atoms with van der Waals surface area (Å²) in [5, 5.41) is 4.59. The number of hydrogen-bond acceptors (Lipinski definition) is 3. The molecule has 0 bridgehead atoms. The number of aromatic nitrogens is 2. The van der Waals surface area contributed by atoms with Crippen LogP contribution in [-0.4, -0.2) is 23.0 Å². The van der Waals surface area contributed by atoms with E-state index in [0.717, 1.165) is 31.9 Å². The van der Waals surface area contributed by atoms with Crippen molar-refractivity contribution in [1.29, 1.82) is 0 Å². The molecule has 0 radical (unpaired) electrons. The molecule has 2 N–H and O–H groups in total. The van der Waals surface area contributed by atoms with Crippen molar-refractivity contribution in [2.75, 3.05) is 18.9 Å². The average molecular weight is 223 g/mol. The summed E-state index contributed by atoms with van der Waals surface area (Å²) in [6.45, 7) is 6.05. The second-order valence-corrected chi connectivity index (χ2v) is 4.85. The molecule has 0 unspecified atom stereocenters.